The van der Waals surface area contributed by atoms with Crippen molar-refractivity contribution in [3.8, 4) is 5.75 Å². The topological polar surface area (TPSA) is 35.2 Å². The Morgan fingerprint density at radius 3 is 2.67 bits per heavy atom. The van der Waals surface area contributed by atoms with Crippen molar-refractivity contribution in [3.05, 3.63) is 29.6 Å². The summed E-state index contributed by atoms with van der Waals surface area (Å²) in [6, 6.07) is 5.25. The van der Waals surface area contributed by atoms with Gasteiger partial charge >= 0.3 is 0 Å². The van der Waals surface area contributed by atoms with Crippen LogP contribution in [0, 0.1) is 11.7 Å². The molecule has 1 aromatic rings. The molecule has 0 unspecified atom stereocenters. The smallest absolute Gasteiger partial charge is 0.165 e. The van der Waals surface area contributed by atoms with Crippen LogP contribution in [0.2, 0.25) is 0 Å². The van der Waals surface area contributed by atoms with Crippen molar-refractivity contribution >= 4 is 0 Å². The van der Waals surface area contributed by atoms with E-state index >= 15 is 0 Å². The van der Waals surface area contributed by atoms with Crippen LogP contribution in [-0.4, -0.2) is 12.1 Å². The van der Waals surface area contributed by atoms with Gasteiger partial charge in [-0.2, -0.15) is 0 Å². The molecule has 0 spiro atoms. The minimum Gasteiger partial charge on any atom is -0.490 e. The van der Waals surface area contributed by atoms with E-state index in [1.807, 2.05) is 6.07 Å². The minimum atomic E-state index is -0.254. The van der Waals surface area contributed by atoms with Crippen LogP contribution in [0.3, 0.4) is 0 Å². The predicted octanol–water partition coefficient (Wildman–Crippen LogP) is 3.04. The van der Waals surface area contributed by atoms with E-state index in [0.29, 0.717) is 18.3 Å². The van der Waals surface area contributed by atoms with Crippen LogP contribution >= 0.6 is 0 Å². The first kappa shape index (κ1) is 12.0. The monoisotopic (exact) mass is 249 g/mol. The van der Waals surface area contributed by atoms with Crippen LogP contribution < -0.4 is 10.5 Å². The fourth-order valence-corrected chi connectivity index (χ4v) is 2.38. The summed E-state index contributed by atoms with van der Waals surface area (Å²) < 4.78 is 19.4. The highest BCUT2D eigenvalue weighted by atomic mass is 19.1. The van der Waals surface area contributed by atoms with Crippen LogP contribution in [0.4, 0.5) is 4.39 Å². The summed E-state index contributed by atoms with van der Waals surface area (Å²) in [7, 11) is 0. The molecule has 98 valence electrons. The van der Waals surface area contributed by atoms with E-state index in [-0.39, 0.29) is 11.4 Å². The number of halogens is 1. The maximum absolute atomic E-state index is 13.9. The Hall–Kier alpha value is -1.09. The Kier molecular flexibility index (Phi) is 3.02. The molecule has 2 saturated carbocycles. The van der Waals surface area contributed by atoms with Crippen LogP contribution in [-0.2, 0) is 6.42 Å². The highest BCUT2D eigenvalue weighted by Gasteiger charge is 2.38. The van der Waals surface area contributed by atoms with Crippen molar-refractivity contribution in [2.24, 2.45) is 11.7 Å². The lowest BCUT2D eigenvalue weighted by Crippen LogP contribution is -2.24. The summed E-state index contributed by atoms with van der Waals surface area (Å²) in [5.41, 5.74) is 6.94. The SMILES string of the molecule is NC1(Cc2ccc(OCC3CCC3)c(F)c2)CC1. The highest BCUT2D eigenvalue weighted by molar-refractivity contribution is 5.31. The van der Waals surface area contributed by atoms with E-state index < -0.39 is 0 Å². The highest BCUT2D eigenvalue weighted by Crippen LogP contribution is 2.36. The quantitative estimate of drug-likeness (QED) is 0.870. The van der Waals surface area contributed by atoms with Gasteiger partial charge in [-0.05, 0) is 55.7 Å². The zero-order valence-electron chi connectivity index (χ0n) is 10.6. The summed E-state index contributed by atoms with van der Waals surface area (Å²) in [4.78, 5) is 0. The lowest BCUT2D eigenvalue weighted by molar-refractivity contribution is 0.175. The first-order valence-electron chi connectivity index (χ1n) is 6.85. The Bertz CT molecular complexity index is 438. The number of ether oxygens (including phenoxy) is 1. The first-order chi connectivity index (χ1) is 8.65. The molecule has 2 nitrogen and oxygen atoms in total. The molecule has 0 bridgehead atoms. The molecule has 2 aliphatic rings. The van der Waals surface area contributed by atoms with Crippen molar-refractivity contribution < 1.29 is 9.13 Å². The van der Waals surface area contributed by atoms with Gasteiger partial charge in [0.2, 0.25) is 0 Å². The second-order valence-electron chi connectivity index (χ2n) is 5.91. The molecule has 0 aromatic heterocycles. The third-order valence-electron chi connectivity index (χ3n) is 4.14. The normalized spacial score (nSPS) is 21.4. The third kappa shape index (κ3) is 2.66. The Morgan fingerprint density at radius 2 is 2.11 bits per heavy atom. The number of hydrogen-bond acceptors (Lipinski definition) is 2. The number of nitrogens with two attached hydrogens (primary N) is 1. The van der Waals surface area contributed by atoms with Crippen LogP contribution in [0.25, 0.3) is 0 Å². The van der Waals surface area contributed by atoms with Gasteiger partial charge in [0.1, 0.15) is 0 Å². The summed E-state index contributed by atoms with van der Waals surface area (Å²) in [5.74, 6) is 0.756. The van der Waals surface area contributed by atoms with Crippen molar-refractivity contribution in [1.82, 2.24) is 0 Å². The van der Waals surface area contributed by atoms with Crippen LogP contribution in [0.1, 0.15) is 37.7 Å². The van der Waals surface area contributed by atoms with Gasteiger partial charge in [0, 0.05) is 5.54 Å². The van der Waals surface area contributed by atoms with Gasteiger partial charge in [-0.25, -0.2) is 4.39 Å². The van der Waals surface area contributed by atoms with Gasteiger partial charge in [0.15, 0.2) is 11.6 Å². The average molecular weight is 249 g/mol. The van der Waals surface area contributed by atoms with Crippen LogP contribution in [0.15, 0.2) is 18.2 Å². The van der Waals surface area contributed by atoms with Crippen LogP contribution in [0.5, 0.6) is 5.75 Å². The van der Waals surface area contributed by atoms with E-state index in [4.69, 9.17) is 10.5 Å². The molecule has 3 heteroatoms. The molecule has 2 fully saturated rings. The first-order valence-corrected chi connectivity index (χ1v) is 6.85. The number of rotatable bonds is 5. The Morgan fingerprint density at radius 1 is 1.33 bits per heavy atom. The van der Waals surface area contributed by atoms with Gasteiger partial charge in [-0.15, -0.1) is 0 Å². The zero-order chi connectivity index (χ0) is 12.6. The number of hydrogen-bond donors (Lipinski definition) is 1. The molecule has 3 rings (SSSR count). The van der Waals surface area contributed by atoms with E-state index in [9.17, 15) is 4.39 Å². The van der Waals surface area contributed by atoms with Crippen molar-refractivity contribution in [2.75, 3.05) is 6.61 Å². The van der Waals surface area contributed by atoms with Gasteiger partial charge in [0.25, 0.3) is 0 Å². The standard InChI is InChI=1S/C15H20FNO/c16-13-8-12(9-15(17)6-7-15)4-5-14(13)18-10-11-2-1-3-11/h4-5,8,11H,1-3,6-7,9-10,17H2. The van der Waals surface area contributed by atoms with E-state index in [1.54, 1.807) is 12.1 Å². The molecule has 2 N–H and O–H groups in total. The molecule has 0 aliphatic heterocycles. The molecule has 0 atom stereocenters. The maximum Gasteiger partial charge on any atom is 0.165 e. The molecule has 2 aliphatic carbocycles. The lowest BCUT2D eigenvalue weighted by atomic mass is 9.86. The van der Waals surface area contributed by atoms with Crippen molar-refractivity contribution in [1.29, 1.82) is 0 Å². The fourth-order valence-electron chi connectivity index (χ4n) is 2.38. The second kappa shape index (κ2) is 4.54. The summed E-state index contributed by atoms with van der Waals surface area (Å²) >= 11 is 0. The largest absolute Gasteiger partial charge is 0.490 e. The zero-order valence-corrected chi connectivity index (χ0v) is 10.6. The van der Waals surface area contributed by atoms with E-state index in [0.717, 1.165) is 24.8 Å². The molecule has 0 heterocycles. The van der Waals surface area contributed by atoms with Gasteiger partial charge < -0.3 is 10.5 Å². The minimum absolute atomic E-state index is 0.0687. The second-order valence-corrected chi connectivity index (χ2v) is 5.91. The summed E-state index contributed by atoms with van der Waals surface area (Å²) in [6.07, 6.45) is 6.59. The molecule has 0 amide bonds. The summed E-state index contributed by atoms with van der Waals surface area (Å²) in [5, 5.41) is 0. The van der Waals surface area contributed by atoms with Crippen molar-refractivity contribution in [3.63, 3.8) is 0 Å². The molecule has 0 radical (unpaired) electrons. The molecule has 1 aromatic carbocycles. The molecule has 18 heavy (non-hydrogen) atoms. The number of benzene rings is 1. The van der Waals surface area contributed by atoms with E-state index in [1.165, 1.54) is 19.3 Å². The van der Waals surface area contributed by atoms with Gasteiger partial charge in [-0.3, -0.25) is 0 Å². The van der Waals surface area contributed by atoms with Gasteiger partial charge in [-0.1, -0.05) is 12.5 Å². The Balaban J connectivity index is 1.60. The maximum atomic E-state index is 13.9. The van der Waals surface area contributed by atoms with Crippen molar-refractivity contribution in [2.45, 2.75) is 44.1 Å². The summed E-state index contributed by atoms with van der Waals surface area (Å²) in [6.45, 7) is 0.650. The average Bonchev–Trinajstić information content (AvgIpc) is 2.97. The molecular formula is C15H20FNO. The third-order valence-corrected chi connectivity index (χ3v) is 4.14. The molecule has 0 saturated heterocycles. The van der Waals surface area contributed by atoms with Gasteiger partial charge in [0.05, 0.1) is 6.61 Å². The Labute approximate surface area is 107 Å². The fraction of sp³-hybridized carbons (Fsp3) is 0.600. The van der Waals surface area contributed by atoms with E-state index in [2.05, 4.69) is 0 Å². The predicted molar refractivity (Wildman–Crippen MR) is 69.1 cm³/mol. The molecular weight excluding hydrogens is 229 g/mol. The lowest BCUT2D eigenvalue weighted by Gasteiger charge is -2.25.